The Hall–Kier alpha value is -0.510. The quantitative estimate of drug-likeness (QED) is 0.799. The molecule has 0 bridgehead atoms. The normalized spacial score (nSPS) is 18.9. The number of hydrogen-bond donors (Lipinski definition) is 1. The maximum atomic E-state index is 6.14. The highest BCUT2D eigenvalue weighted by Gasteiger charge is 2.35. The average molecular weight is 223 g/mol. The minimum absolute atomic E-state index is 0.235. The fourth-order valence-corrected chi connectivity index (χ4v) is 2.46. The SMILES string of the molecule is CC(C)Sc1ccc(C2(N)COC2)cc1. The monoisotopic (exact) mass is 223 g/mol. The topological polar surface area (TPSA) is 35.2 Å². The Morgan fingerprint density at radius 1 is 1.27 bits per heavy atom. The molecule has 2 nitrogen and oxygen atoms in total. The highest BCUT2D eigenvalue weighted by atomic mass is 32.2. The van der Waals surface area contributed by atoms with E-state index in [9.17, 15) is 0 Å². The zero-order valence-electron chi connectivity index (χ0n) is 9.19. The summed E-state index contributed by atoms with van der Waals surface area (Å²) in [7, 11) is 0. The van der Waals surface area contributed by atoms with Crippen molar-refractivity contribution >= 4 is 11.8 Å². The molecule has 0 aliphatic carbocycles. The van der Waals surface area contributed by atoms with E-state index in [1.54, 1.807) is 0 Å². The maximum absolute atomic E-state index is 6.14. The molecule has 0 unspecified atom stereocenters. The van der Waals surface area contributed by atoms with Gasteiger partial charge < -0.3 is 10.5 Å². The van der Waals surface area contributed by atoms with Gasteiger partial charge in [0.05, 0.1) is 18.8 Å². The second-order valence-electron chi connectivity index (χ2n) is 4.34. The van der Waals surface area contributed by atoms with Gasteiger partial charge in [-0.3, -0.25) is 0 Å². The van der Waals surface area contributed by atoms with E-state index in [4.69, 9.17) is 10.5 Å². The second-order valence-corrected chi connectivity index (χ2v) is 5.99. The van der Waals surface area contributed by atoms with Crippen LogP contribution in [0.4, 0.5) is 0 Å². The van der Waals surface area contributed by atoms with Crippen LogP contribution in [0.3, 0.4) is 0 Å². The molecule has 0 radical (unpaired) electrons. The van der Waals surface area contributed by atoms with Crippen molar-refractivity contribution in [1.29, 1.82) is 0 Å². The zero-order chi connectivity index (χ0) is 10.9. The lowest BCUT2D eigenvalue weighted by molar-refractivity contribution is -0.0569. The molecular weight excluding hydrogens is 206 g/mol. The summed E-state index contributed by atoms with van der Waals surface area (Å²) < 4.78 is 5.16. The molecule has 0 amide bonds. The molecule has 15 heavy (non-hydrogen) atoms. The molecule has 0 saturated carbocycles. The lowest BCUT2D eigenvalue weighted by Crippen LogP contribution is -2.54. The predicted molar refractivity (Wildman–Crippen MR) is 64.1 cm³/mol. The van der Waals surface area contributed by atoms with Crippen molar-refractivity contribution in [2.24, 2.45) is 5.73 Å². The first-order chi connectivity index (χ1) is 7.10. The van der Waals surface area contributed by atoms with Crippen LogP contribution in [0, 0.1) is 0 Å². The van der Waals surface area contributed by atoms with E-state index < -0.39 is 0 Å². The summed E-state index contributed by atoms with van der Waals surface area (Å²) in [6.45, 7) is 5.68. The summed E-state index contributed by atoms with van der Waals surface area (Å²) in [6, 6.07) is 8.53. The fraction of sp³-hybridized carbons (Fsp3) is 0.500. The van der Waals surface area contributed by atoms with Gasteiger partial charge in [-0.1, -0.05) is 26.0 Å². The Morgan fingerprint density at radius 3 is 2.27 bits per heavy atom. The predicted octanol–water partition coefficient (Wildman–Crippen LogP) is 2.37. The minimum atomic E-state index is -0.235. The van der Waals surface area contributed by atoms with Crippen molar-refractivity contribution in [3.05, 3.63) is 29.8 Å². The molecule has 2 rings (SSSR count). The van der Waals surface area contributed by atoms with Crippen LogP contribution in [0.25, 0.3) is 0 Å². The maximum Gasteiger partial charge on any atom is 0.0883 e. The van der Waals surface area contributed by atoms with Crippen LogP contribution in [-0.4, -0.2) is 18.5 Å². The van der Waals surface area contributed by atoms with Crippen LogP contribution in [0.2, 0.25) is 0 Å². The van der Waals surface area contributed by atoms with Crippen molar-refractivity contribution in [1.82, 2.24) is 0 Å². The molecular formula is C12H17NOS. The second kappa shape index (κ2) is 4.16. The highest BCUT2D eigenvalue weighted by Crippen LogP contribution is 2.29. The lowest BCUT2D eigenvalue weighted by atomic mass is 9.89. The lowest BCUT2D eigenvalue weighted by Gasteiger charge is -2.38. The van der Waals surface area contributed by atoms with Crippen molar-refractivity contribution in [2.45, 2.75) is 29.5 Å². The van der Waals surface area contributed by atoms with Gasteiger partial charge in [-0.05, 0) is 17.7 Å². The van der Waals surface area contributed by atoms with Crippen molar-refractivity contribution in [3.8, 4) is 0 Å². The molecule has 3 heteroatoms. The van der Waals surface area contributed by atoms with Gasteiger partial charge in [-0.25, -0.2) is 0 Å². The Kier molecular flexibility index (Phi) is 3.05. The third-order valence-corrected chi connectivity index (χ3v) is 3.54. The Balaban J connectivity index is 2.10. The van der Waals surface area contributed by atoms with E-state index in [1.807, 2.05) is 11.8 Å². The van der Waals surface area contributed by atoms with Crippen molar-refractivity contribution < 1.29 is 4.74 Å². The fourth-order valence-electron chi connectivity index (χ4n) is 1.63. The summed E-state index contributed by atoms with van der Waals surface area (Å²) in [5.74, 6) is 0. The molecule has 0 atom stereocenters. The number of benzene rings is 1. The summed E-state index contributed by atoms with van der Waals surface area (Å²) in [4.78, 5) is 1.30. The third kappa shape index (κ3) is 2.36. The molecule has 1 aliphatic rings. The molecule has 1 aliphatic heterocycles. The van der Waals surface area contributed by atoms with Gasteiger partial charge in [0.1, 0.15) is 0 Å². The molecule has 2 N–H and O–H groups in total. The van der Waals surface area contributed by atoms with Crippen LogP contribution in [-0.2, 0) is 10.3 Å². The standard InChI is InChI=1S/C12H17NOS/c1-9(2)15-11-5-3-10(4-6-11)12(13)7-14-8-12/h3-6,9H,7-8,13H2,1-2H3. The summed E-state index contributed by atoms with van der Waals surface area (Å²) >= 11 is 1.87. The molecule has 1 fully saturated rings. The summed E-state index contributed by atoms with van der Waals surface area (Å²) in [5, 5.41) is 0.620. The highest BCUT2D eigenvalue weighted by molar-refractivity contribution is 7.99. The molecule has 1 aromatic carbocycles. The Morgan fingerprint density at radius 2 is 1.87 bits per heavy atom. The van der Waals surface area contributed by atoms with Gasteiger partial charge >= 0.3 is 0 Å². The number of rotatable bonds is 3. The molecule has 0 spiro atoms. The Bertz CT molecular complexity index is 330. The number of thioether (sulfide) groups is 1. The van der Waals surface area contributed by atoms with Gasteiger partial charge in [-0.15, -0.1) is 11.8 Å². The number of hydrogen-bond acceptors (Lipinski definition) is 3. The van der Waals surface area contributed by atoms with Crippen LogP contribution < -0.4 is 5.73 Å². The van der Waals surface area contributed by atoms with Gasteiger partial charge in [-0.2, -0.15) is 0 Å². The minimum Gasteiger partial charge on any atom is -0.377 e. The van der Waals surface area contributed by atoms with E-state index in [2.05, 4.69) is 38.1 Å². The zero-order valence-corrected chi connectivity index (χ0v) is 10.0. The van der Waals surface area contributed by atoms with Crippen LogP contribution in [0.5, 0.6) is 0 Å². The molecule has 1 heterocycles. The molecule has 82 valence electrons. The average Bonchev–Trinajstić information content (AvgIpc) is 2.14. The third-order valence-electron chi connectivity index (χ3n) is 2.52. The largest absolute Gasteiger partial charge is 0.377 e. The van der Waals surface area contributed by atoms with Gasteiger partial charge in [0.2, 0.25) is 0 Å². The number of nitrogens with two attached hydrogens (primary N) is 1. The van der Waals surface area contributed by atoms with Gasteiger partial charge in [0, 0.05) is 10.1 Å². The van der Waals surface area contributed by atoms with E-state index >= 15 is 0 Å². The summed E-state index contributed by atoms with van der Waals surface area (Å²) in [6.07, 6.45) is 0. The van der Waals surface area contributed by atoms with Crippen molar-refractivity contribution in [2.75, 3.05) is 13.2 Å². The van der Waals surface area contributed by atoms with Crippen LogP contribution in [0.15, 0.2) is 29.2 Å². The number of ether oxygens (including phenoxy) is 1. The van der Waals surface area contributed by atoms with Gasteiger partial charge in [0.15, 0.2) is 0 Å². The van der Waals surface area contributed by atoms with E-state index in [-0.39, 0.29) is 5.54 Å². The first-order valence-corrected chi connectivity index (χ1v) is 6.12. The summed E-state index contributed by atoms with van der Waals surface area (Å²) in [5.41, 5.74) is 7.09. The van der Waals surface area contributed by atoms with Crippen LogP contribution in [0.1, 0.15) is 19.4 Å². The van der Waals surface area contributed by atoms with E-state index in [1.165, 1.54) is 10.5 Å². The first kappa shape index (κ1) is 11.0. The van der Waals surface area contributed by atoms with Crippen LogP contribution >= 0.6 is 11.8 Å². The molecule has 1 saturated heterocycles. The smallest absolute Gasteiger partial charge is 0.0883 e. The van der Waals surface area contributed by atoms with E-state index in [0.717, 1.165) is 0 Å². The first-order valence-electron chi connectivity index (χ1n) is 5.24. The Labute approximate surface area is 95.2 Å². The van der Waals surface area contributed by atoms with Gasteiger partial charge in [0.25, 0.3) is 0 Å². The van der Waals surface area contributed by atoms with Crippen molar-refractivity contribution in [3.63, 3.8) is 0 Å². The molecule has 1 aromatic rings. The van der Waals surface area contributed by atoms with E-state index in [0.29, 0.717) is 18.5 Å². The molecule has 0 aromatic heterocycles.